The van der Waals surface area contributed by atoms with Gasteiger partial charge in [-0.05, 0) is 38.0 Å². The van der Waals surface area contributed by atoms with E-state index in [2.05, 4.69) is 26.2 Å². The van der Waals surface area contributed by atoms with Crippen molar-refractivity contribution in [1.82, 2.24) is 10.3 Å². The molecule has 0 bridgehead atoms. The van der Waals surface area contributed by atoms with Gasteiger partial charge in [0.15, 0.2) is 0 Å². The van der Waals surface area contributed by atoms with Gasteiger partial charge in [0.25, 0.3) is 5.91 Å². The third-order valence-corrected chi connectivity index (χ3v) is 4.37. The molecule has 2 heterocycles. The number of rotatable bonds is 2. The fourth-order valence-corrected chi connectivity index (χ4v) is 3.11. The van der Waals surface area contributed by atoms with E-state index in [0.29, 0.717) is 12.3 Å². The molecule has 5 heteroatoms. The van der Waals surface area contributed by atoms with Crippen LogP contribution >= 0.6 is 15.9 Å². The highest BCUT2D eigenvalue weighted by atomic mass is 79.9. The maximum Gasteiger partial charge on any atom is 0.267 e. The van der Waals surface area contributed by atoms with Gasteiger partial charge in [-0.2, -0.15) is 0 Å². The molecule has 2 N–H and O–H groups in total. The van der Waals surface area contributed by atoms with Crippen LogP contribution < -0.4 is 5.32 Å². The van der Waals surface area contributed by atoms with Gasteiger partial charge in [0.1, 0.15) is 5.69 Å². The first kappa shape index (κ1) is 13.6. The van der Waals surface area contributed by atoms with E-state index in [1.54, 1.807) is 0 Å². The Balaban J connectivity index is 1.77. The Morgan fingerprint density at radius 2 is 2.35 bits per heavy atom. The molecule has 0 spiro atoms. The number of halogens is 1. The van der Waals surface area contributed by atoms with Crippen LogP contribution in [0.3, 0.4) is 0 Å². The summed E-state index contributed by atoms with van der Waals surface area (Å²) in [5.41, 5.74) is 1.57. The van der Waals surface area contributed by atoms with Crippen LogP contribution in [0.25, 0.3) is 10.9 Å². The van der Waals surface area contributed by atoms with Crippen LogP contribution in [0.15, 0.2) is 28.7 Å². The lowest BCUT2D eigenvalue weighted by Gasteiger charge is -2.27. The largest absolute Gasteiger partial charge is 0.378 e. The highest BCUT2D eigenvalue weighted by Crippen LogP contribution is 2.24. The number of nitrogens with one attached hydrogen (secondary N) is 2. The minimum absolute atomic E-state index is 0.0489. The molecular formula is C15H17BrN2O2. The molecule has 1 fully saturated rings. The molecule has 1 amide bonds. The van der Waals surface area contributed by atoms with Crippen LogP contribution in [0.2, 0.25) is 0 Å². The number of ether oxygens (including phenoxy) is 1. The Hall–Kier alpha value is -1.33. The van der Waals surface area contributed by atoms with Gasteiger partial charge in [-0.15, -0.1) is 0 Å². The summed E-state index contributed by atoms with van der Waals surface area (Å²) in [5.74, 6) is -0.0489. The highest BCUT2D eigenvalue weighted by Gasteiger charge is 2.22. The number of amides is 1. The summed E-state index contributed by atoms with van der Waals surface area (Å²) in [7, 11) is 0. The van der Waals surface area contributed by atoms with Crippen molar-refractivity contribution >= 4 is 32.7 Å². The molecule has 1 aromatic heterocycles. The quantitative estimate of drug-likeness (QED) is 0.884. The number of hydrogen-bond donors (Lipinski definition) is 2. The number of carbonyl (C=O) groups excluding carboxylic acids is 1. The van der Waals surface area contributed by atoms with E-state index in [1.165, 1.54) is 0 Å². The zero-order valence-corrected chi connectivity index (χ0v) is 12.9. The first-order valence-corrected chi connectivity index (χ1v) is 7.62. The van der Waals surface area contributed by atoms with Crippen LogP contribution in [0.1, 0.15) is 30.3 Å². The summed E-state index contributed by atoms with van der Waals surface area (Å²) >= 11 is 3.50. The highest BCUT2D eigenvalue weighted by molar-refractivity contribution is 9.10. The number of aromatic amines is 1. The molecule has 2 aromatic rings. The van der Waals surface area contributed by atoms with E-state index in [-0.39, 0.29) is 18.1 Å². The fraction of sp³-hybridized carbons (Fsp3) is 0.400. The predicted octanol–water partition coefficient (Wildman–Crippen LogP) is 3.23. The second-order valence-corrected chi connectivity index (χ2v) is 6.11. The lowest BCUT2D eigenvalue weighted by atomic mass is 10.0. The molecule has 4 nitrogen and oxygen atoms in total. The molecule has 0 saturated carbocycles. The van der Waals surface area contributed by atoms with Crippen LogP contribution in [-0.2, 0) is 4.74 Å². The van der Waals surface area contributed by atoms with Crippen molar-refractivity contribution in [3.05, 3.63) is 34.4 Å². The van der Waals surface area contributed by atoms with Gasteiger partial charge in [-0.1, -0.05) is 22.0 Å². The monoisotopic (exact) mass is 336 g/mol. The molecule has 1 aromatic carbocycles. The van der Waals surface area contributed by atoms with Crippen LogP contribution in [-0.4, -0.2) is 29.6 Å². The average molecular weight is 337 g/mol. The van der Waals surface area contributed by atoms with E-state index < -0.39 is 0 Å². The molecule has 1 saturated heterocycles. The summed E-state index contributed by atoms with van der Waals surface area (Å²) in [6.45, 7) is 2.75. The number of carbonyl (C=O) groups is 1. The van der Waals surface area contributed by atoms with Crippen molar-refractivity contribution in [3.63, 3.8) is 0 Å². The van der Waals surface area contributed by atoms with Gasteiger partial charge in [-0.25, -0.2) is 0 Å². The first-order chi connectivity index (χ1) is 9.63. The first-order valence-electron chi connectivity index (χ1n) is 6.83. The number of benzene rings is 1. The number of aromatic nitrogens is 1. The zero-order valence-electron chi connectivity index (χ0n) is 11.3. The molecule has 2 atom stereocenters. The van der Waals surface area contributed by atoms with Gasteiger partial charge in [-0.3, -0.25) is 4.79 Å². The van der Waals surface area contributed by atoms with E-state index in [9.17, 15) is 4.79 Å². The van der Waals surface area contributed by atoms with Gasteiger partial charge in [0.2, 0.25) is 0 Å². The van der Waals surface area contributed by atoms with E-state index in [4.69, 9.17) is 4.74 Å². The standard InChI is InChI=1S/C15H17BrN2O2/c1-9-7-10(5-6-20-9)17-15(19)14-8-11-12(16)3-2-4-13(11)18-14/h2-4,8-10,18H,5-7H2,1H3,(H,17,19). The third kappa shape index (κ3) is 2.74. The third-order valence-electron chi connectivity index (χ3n) is 3.68. The smallest absolute Gasteiger partial charge is 0.267 e. The summed E-state index contributed by atoms with van der Waals surface area (Å²) in [6.07, 6.45) is 1.96. The Morgan fingerprint density at radius 3 is 3.10 bits per heavy atom. The molecule has 106 valence electrons. The van der Waals surface area contributed by atoms with E-state index in [0.717, 1.165) is 28.2 Å². The van der Waals surface area contributed by atoms with Crippen molar-refractivity contribution < 1.29 is 9.53 Å². The molecule has 1 aliphatic heterocycles. The summed E-state index contributed by atoms with van der Waals surface area (Å²) in [6, 6.07) is 7.97. The van der Waals surface area contributed by atoms with Crippen LogP contribution in [0.4, 0.5) is 0 Å². The molecule has 0 aliphatic carbocycles. The Kier molecular flexibility index (Phi) is 3.81. The lowest BCUT2D eigenvalue weighted by molar-refractivity contribution is 0.0136. The number of fused-ring (bicyclic) bond motifs is 1. The van der Waals surface area contributed by atoms with Crippen molar-refractivity contribution in [1.29, 1.82) is 0 Å². The van der Waals surface area contributed by atoms with Crippen LogP contribution in [0.5, 0.6) is 0 Å². The number of H-pyrrole nitrogens is 1. The Morgan fingerprint density at radius 1 is 1.50 bits per heavy atom. The van der Waals surface area contributed by atoms with Crippen molar-refractivity contribution in [2.75, 3.05) is 6.61 Å². The van der Waals surface area contributed by atoms with Gasteiger partial charge in [0.05, 0.1) is 6.10 Å². The van der Waals surface area contributed by atoms with Crippen molar-refractivity contribution in [2.24, 2.45) is 0 Å². The zero-order chi connectivity index (χ0) is 14.1. The van der Waals surface area contributed by atoms with Crippen molar-refractivity contribution in [3.8, 4) is 0 Å². The minimum Gasteiger partial charge on any atom is -0.378 e. The predicted molar refractivity (Wildman–Crippen MR) is 81.9 cm³/mol. The molecule has 3 rings (SSSR count). The van der Waals surface area contributed by atoms with Gasteiger partial charge >= 0.3 is 0 Å². The summed E-state index contributed by atoms with van der Waals surface area (Å²) in [4.78, 5) is 15.5. The summed E-state index contributed by atoms with van der Waals surface area (Å²) < 4.78 is 6.48. The fourth-order valence-electron chi connectivity index (χ4n) is 2.63. The van der Waals surface area contributed by atoms with Gasteiger partial charge in [0, 0.05) is 28.0 Å². The van der Waals surface area contributed by atoms with E-state index >= 15 is 0 Å². The average Bonchev–Trinajstić information content (AvgIpc) is 2.84. The Bertz CT molecular complexity index is 638. The maximum absolute atomic E-state index is 12.3. The molecular weight excluding hydrogens is 320 g/mol. The van der Waals surface area contributed by atoms with E-state index in [1.807, 2.05) is 31.2 Å². The lowest BCUT2D eigenvalue weighted by Crippen LogP contribution is -2.41. The topological polar surface area (TPSA) is 54.1 Å². The van der Waals surface area contributed by atoms with Crippen LogP contribution in [0, 0.1) is 0 Å². The SMILES string of the molecule is CC1CC(NC(=O)c2cc3c(Br)cccc3[nH]2)CCO1. The van der Waals surface area contributed by atoms with Crippen molar-refractivity contribution in [2.45, 2.75) is 31.9 Å². The van der Waals surface area contributed by atoms with Gasteiger partial charge < -0.3 is 15.0 Å². The maximum atomic E-state index is 12.3. The molecule has 2 unspecified atom stereocenters. The minimum atomic E-state index is -0.0489. The second-order valence-electron chi connectivity index (χ2n) is 5.26. The molecule has 20 heavy (non-hydrogen) atoms. The molecule has 1 aliphatic rings. The second kappa shape index (κ2) is 5.58. The normalized spacial score (nSPS) is 22.9. The summed E-state index contributed by atoms with van der Waals surface area (Å²) in [5, 5.41) is 4.11. The Labute approximate surface area is 126 Å². The molecule has 0 radical (unpaired) electrons. The number of hydrogen-bond acceptors (Lipinski definition) is 2.